The zero-order valence-electron chi connectivity index (χ0n) is 12.3. The Kier molecular flexibility index (Phi) is 4.38. The van der Waals surface area contributed by atoms with Gasteiger partial charge in [-0.15, -0.1) is 0 Å². The molecule has 120 valence electrons. The van der Waals surface area contributed by atoms with Crippen molar-refractivity contribution >= 4 is 0 Å². The molecule has 0 N–H and O–H groups in total. The largest absolute Gasteiger partial charge is 0.349 e. The SMILES string of the molecule is c1cc(C2OCCO2)cc(C(C2OCCO2)C2OCCO2)c1. The fourth-order valence-electron chi connectivity index (χ4n) is 3.07. The van der Waals surface area contributed by atoms with Crippen LogP contribution in [0.4, 0.5) is 0 Å². The molecule has 1 aromatic carbocycles. The minimum Gasteiger partial charge on any atom is -0.349 e. The number of hydrogen-bond donors (Lipinski definition) is 0. The van der Waals surface area contributed by atoms with Crippen LogP contribution in [0, 0.1) is 0 Å². The van der Waals surface area contributed by atoms with E-state index in [0.29, 0.717) is 39.6 Å². The van der Waals surface area contributed by atoms with E-state index in [9.17, 15) is 0 Å². The summed E-state index contributed by atoms with van der Waals surface area (Å²) in [4.78, 5) is 0. The van der Waals surface area contributed by atoms with Gasteiger partial charge in [0, 0.05) is 5.56 Å². The molecule has 3 aliphatic heterocycles. The van der Waals surface area contributed by atoms with Gasteiger partial charge in [0.05, 0.1) is 45.6 Å². The second-order valence-electron chi connectivity index (χ2n) is 5.49. The first-order chi connectivity index (χ1) is 10.9. The summed E-state index contributed by atoms with van der Waals surface area (Å²) in [5.74, 6) is -0.119. The molecule has 3 saturated heterocycles. The van der Waals surface area contributed by atoms with Gasteiger partial charge in [0.1, 0.15) is 0 Å². The standard InChI is InChI=1S/C16H20O6/c1-2-11(10-12(3-1)14-17-4-5-18-14)13(15-19-6-7-20-15)16-21-8-9-22-16/h1-3,10,13-16H,4-9H2. The first-order valence-electron chi connectivity index (χ1n) is 7.71. The van der Waals surface area contributed by atoms with Crippen LogP contribution in [-0.4, -0.2) is 52.2 Å². The van der Waals surface area contributed by atoms with Crippen LogP contribution in [0.15, 0.2) is 24.3 Å². The Bertz CT molecular complexity index is 473. The molecule has 6 heteroatoms. The lowest BCUT2D eigenvalue weighted by Crippen LogP contribution is -2.31. The summed E-state index contributed by atoms with van der Waals surface area (Å²) < 4.78 is 34.0. The Hall–Kier alpha value is -1.02. The molecule has 0 unspecified atom stereocenters. The molecule has 1 aromatic rings. The van der Waals surface area contributed by atoms with E-state index >= 15 is 0 Å². The van der Waals surface area contributed by atoms with E-state index < -0.39 is 0 Å². The Labute approximate surface area is 129 Å². The highest BCUT2D eigenvalue weighted by Crippen LogP contribution is 2.35. The predicted molar refractivity (Wildman–Crippen MR) is 75.2 cm³/mol. The predicted octanol–water partition coefficient (Wildman–Crippen LogP) is 1.56. The zero-order valence-corrected chi connectivity index (χ0v) is 12.3. The lowest BCUT2D eigenvalue weighted by atomic mass is 9.95. The van der Waals surface area contributed by atoms with Crippen molar-refractivity contribution in [1.82, 2.24) is 0 Å². The van der Waals surface area contributed by atoms with E-state index in [1.807, 2.05) is 18.2 Å². The molecule has 4 rings (SSSR count). The maximum atomic E-state index is 5.70. The molecule has 0 amide bonds. The molecule has 0 radical (unpaired) electrons. The van der Waals surface area contributed by atoms with Crippen molar-refractivity contribution < 1.29 is 28.4 Å². The second kappa shape index (κ2) is 6.62. The highest BCUT2D eigenvalue weighted by Gasteiger charge is 2.38. The summed E-state index contributed by atoms with van der Waals surface area (Å²) in [6.07, 6.45) is -0.982. The van der Waals surface area contributed by atoms with Crippen LogP contribution in [0.1, 0.15) is 23.3 Å². The van der Waals surface area contributed by atoms with Crippen molar-refractivity contribution in [2.45, 2.75) is 24.8 Å². The molecule has 3 fully saturated rings. The molecule has 3 aliphatic rings. The van der Waals surface area contributed by atoms with Crippen LogP contribution in [0.25, 0.3) is 0 Å². The third-order valence-electron chi connectivity index (χ3n) is 4.07. The van der Waals surface area contributed by atoms with Gasteiger partial charge in [0.2, 0.25) is 0 Å². The number of hydrogen-bond acceptors (Lipinski definition) is 6. The van der Waals surface area contributed by atoms with Gasteiger partial charge in [-0.2, -0.15) is 0 Å². The third-order valence-corrected chi connectivity index (χ3v) is 4.07. The van der Waals surface area contributed by atoms with E-state index in [4.69, 9.17) is 28.4 Å². The molecule has 6 nitrogen and oxygen atoms in total. The minimum atomic E-state index is -0.344. The Morgan fingerprint density at radius 3 is 1.86 bits per heavy atom. The Morgan fingerprint density at radius 1 is 0.727 bits per heavy atom. The highest BCUT2D eigenvalue weighted by molar-refractivity contribution is 5.29. The fraction of sp³-hybridized carbons (Fsp3) is 0.625. The topological polar surface area (TPSA) is 55.4 Å². The second-order valence-corrected chi connectivity index (χ2v) is 5.49. The minimum absolute atomic E-state index is 0.119. The Balaban J connectivity index is 1.61. The molecular weight excluding hydrogens is 288 g/mol. The summed E-state index contributed by atoms with van der Waals surface area (Å²) in [6, 6.07) is 8.10. The molecule has 0 saturated carbocycles. The molecule has 0 aliphatic carbocycles. The van der Waals surface area contributed by atoms with E-state index in [-0.39, 0.29) is 24.8 Å². The van der Waals surface area contributed by atoms with E-state index in [2.05, 4.69) is 6.07 Å². The molecule has 3 heterocycles. The maximum absolute atomic E-state index is 5.70. The van der Waals surface area contributed by atoms with Crippen molar-refractivity contribution in [3.8, 4) is 0 Å². The van der Waals surface area contributed by atoms with E-state index in [1.165, 1.54) is 0 Å². The number of rotatable bonds is 4. The van der Waals surface area contributed by atoms with E-state index in [1.54, 1.807) is 0 Å². The number of benzene rings is 1. The molecule has 0 atom stereocenters. The smallest absolute Gasteiger partial charge is 0.184 e. The lowest BCUT2D eigenvalue weighted by Gasteiger charge is -2.27. The normalized spacial score (nSPS) is 24.8. The summed E-state index contributed by atoms with van der Waals surface area (Å²) in [5, 5.41) is 0. The lowest BCUT2D eigenvalue weighted by molar-refractivity contribution is -0.145. The van der Waals surface area contributed by atoms with Gasteiger partial charge in [-0.1, -0.05) is 24.3 Å². The van der Waals surface area contributed by atoms with Crippen LogP contribution in [0.2, 0.25) is 0 Å². The Morgan fingerprint density at radius 2 is 1.27 bits per heavy atom. The average molecular weight is 308 g/mol. The van der Waals surface area contributed by atoms with Crippen molar-refractivity contribution in [2.24, 2.45) is 0 Å². The van der Waals surface area contributed by atoms with Gasteiger partial charge < -0.3 is 28.4 Å². The zero-order chi connectivity index (χ0) is 14.8. The van der Waals surface area contributed by atoms with Crippen molar-refractivity contribution in [3.05, 3.63) is 35.4 Å². The first-order valence-corrected chi connectivity index (χ1v) is 7.71. The maximum Gasteiger partial charge on any atom is 0.184 e. The van der Waals surface area contributed by atoms with Gasteiger partial charge in [-0.05, 0) is 5.56 Å². The van der Waals surface area contributed by atoms with Crippen molar-refractivity contribution in [3.63, 3.8) is 0 Å². The van der Waals surface area contributed by atoms with Gasteiger partial charge in [0.15, 0.2) is 18.9 Å². The van der Waals surface area contributed by atoms with Crippen LogP contribution in [0.3, 0.4) is 0 Å². The third kappa shape index (κ3) is 2.90. The highest BCUT2D eigenvalue weighted by atomic mass is 16.7. The summed E-state index contributed by atoms with van der Waals surface area (Å²) in [6.45, 7) is 3.65. The van der Waals surface area contributed by atoms with Gasteiger partial charge in [0.25, 0.3) is 0 Å². The average Bonchev–Trinajstić information content (AvgIpc) is 3.32. The van der Waals surface area contributed by atoms with Crippen LogP contribution >= 0.6 is 0 Å². The fourth-order valence-corrected chi connectivity index (χ4v) is 3.07. The first kappa shape index (κ1) is 14.6. The van der Waals surface area contributed by atoms with E-state index in [0.717, 1.165) is 11.1 Å². The summed E-state index contributed by atoms with van der Waals surface area (Å²) in [7, 11) is 0. The summed E-state index contributed by atoms with van der Waals surface area (Å²) in [5.41, 5.74) is 2.05. The molecule has 0 spiro atoms. The van der Waals surface area contributed by atoms with Gasteiger partial charge >= 0.3 is 0 Å². The van der Waals surface area contributed by atoms with Crippen LogP contribution < -0.4 is 0 Å². The molecule has 0 aromatic heterocycles. The van der Waals surface area contributed by atoms with Crippen LogP contribution in [-0.2, 0) is 28.4 Å². The van der Waals surface area contributed by atoms with Gasteiger partial charge in [-0.25, -0.2) is 0 Å². The molecule has 0 bridgehead atoms. The monoisotopic (exact) mass is 308 g/mol. The van der Waals surface area contributed by atoms with Crippen LogP contribution in [0.5, 0.6) is 0 Å². The van der Waals surface area contributed by atoms with Gasteiger partial charge in [-0.3, -0.25) is 0 Å². The van der Waals surface area contributed by atoms with Crippen molar-refractivity contribution in [2.75, 3.05) is 39.6 Å². The summed E-state index contributed by atoms with van der Waals surface area (Å²) >= 11 is 0. The number of ether oxygens (including phenoxy) is 6. The molecule has 22 heavy (non-hydrogen) atoms. The molecular formula is C16H20O6. The van der Waals surface area contributed by atoms with Crippen molar-refractivity contribution in [1.29, 1.82) is 0 Å². The quantitative estimate of drug-likeness (QED) is 0.841.